The topological polar surface area (TPSA) is 37.3 Å². The van der Waals surface area contributed by atoms with Crippen LogP contribution in [0.1, 0.15) is 45.0 Å². The third-order valence-corrected chi connectivity index (χ3v) is 3.10. The fourth-order valence-electron chi connectivity index (χ4n) is 1.82. The zero-order valence-electron chi connectivity index (χ0n) is 11.4. The van der Waals surface area contributed by atoms with Crippen molar-refractivity contribution in [2.75, 3.05) is 0 Å². The number of carboxylic acid groups (broad SMARTS) is 1. The van der Waals surface area contributed by atoms with E-state index >= 15 is 0 Å². The van der Waals surface area contributed by atoms with Gasteiger partial charge >= 0.3 is 5.97 Å². The molecule has 0 bridgehead atoms. The maximum Gasteiger partial charge on any atom is 0.312 e. The van der Waals surface area contributed by atoms with Crippen LogP contribution in [0.15, 0.2) is 24.3 Å². The summed E-state index contributed by atoms with van der Waals surface area (Å²) in [5.41, 5.74) is 0.170. The molecule has 18 heavy (non-hydrogen) atoms. The Labute approximate surface area is 108 Å². The molecule has 2 nitrogen and oxygen atoms in total. The van der Waals surface area contributed by atoms with Crippen LogP contribution >= 0.6 is 0 Å². The zero-order valence-corrected chi connectivity index (χ0v) is 11.4. The molecule has 0 radical (unpaired) electrons. The van der Waals surface area contributed by atoms with Gasteiger partial charge in [0.1, 0.15) is 6.17 Å². The lowest BCUT2D eigenvalue weighted by Gasteiger charge is -2.24. The van der Waals surface area contributed by atoms with Crippen LogP contribution in [0.2, 0.25) is 0 Å². The number of carbonyl (C=O) groups is 1. The Kier molecular flexibility index (Phi) is 4.49. The van der Waals surface area contributed by atoms with E-state index in [1.165, 1.54) is 13.8 Å². The third kappa shape index (κ3) is 3.31. The average Bonchev–Trinajstić information content (AvgIpc) is 2.28. The second kappa shape index (κ2) is 5.51. The Hall–Kier alpha value is -1.38. The number of aliphatic carboxylic acids is 1. The average molecular weight is 252 g/mol. The molecule has 1 N–H and O–H groups in total. The van der Waals surface area contributed by atoms with Crippen molar-refractivity contribution >= 4 is 5.97 Å². The van der Waals surface area contributed by atoms with Gasteiger partial charge in [-0.25, -0.2) is 4.39 Å². The highest BCUT2D eigenvalue weighted by molar-refractivity contribution is 5.74. The lowest BCUT2D eigenvalue weighted by atomic mass is 9.83. The Morgan fingerprint density at radius 1 is 1.28 bits per heavy atom. The molecule has 100 valence electrons. The summed E-state index contributed by atoms with van der Waals surface area (Å²) in [5.74, 6) is -0.575. The molecule has 1 aromatic rings. The van der Waals surface area contributed by atoms with Gasteiger partial charge in [0.2, 0.25) is 0 Å². The number of halogens is 1. The minimum Gasteiger partial charge on any atom is -0.481 e. The van der Waals surface area contributed by atoms with Gasteiger partial charge < -0.3 is 5.11 Å². The first-order chi connectivity index (χ1) is 8.25. The van der Waals surface area contributed by atoms with E-state index in [1.54, 1.807) is 12.1 Å². The monoisotopic (exact) mass is 252 g/mol. The van der Waals surface area contributed by atoms with Gasteiger partial charge in [0.25, 0.3) is 0 Å². The molecule has 1 atom stereocenters. The summed E-state index contributed by atoms with van der Waals surface area (Å²) in [6.45, 7) is 7.06. The van der Waals surface area contributed by atoms with E-state index in [9.17, 15) is 9.18 Å². The van der Waals surface area contributed by atoms with Crippen molar-refractivity contribution in [3.05, 3.63) is 35.4 Å². The summed E-state index contributed by atoms with van der Waals surface area (Å²) in [6, 6.07) is 7.12. The summed E-state index contributed by atoms with van der Waals surface area (Å²) in [6.07, 6.45) is -0.553. The molecule has 0 aromatic heterocycles. The number of carboxylic acids is 1. The molecule has 0 spiro atoms. The number of hydrogen-bond donors (Lipinski definition) is 1. The minimum absolute atomic E-state index is 0.426. The van der Waals surface area contributed by atoms with Crippen LogP contribution in [-0.2, 0) is 11.2 Å². The molecule has 0 aliphatic carbocycles. The highest BCUT2D eigenvalue weighted by atomic mass is 19.1. The molecule has 0 fully saturated rings. The molecule has 0 saturated heterocycles. The van der Waals surface area contributed by atoms with E-state index in [0.717, 1.165) is 12.0 Å². The summed E-state index contributed by atoms with van der Waals surface area (Å²) < 4.78 is 14.2. The van der Waals surface area contributed by atoms with Crippen LogP contribution in [0.5, 0.6) is 0 Å². The Morgan fingerprint density at radius 2 is 1.78 bits per heavy atom. The van der Waals surface area contributed by atoms with Crippen molar-refractivity contribution in [1.82, 2.24) is 0 Å². The fourth-order valence-corrected chi connectivity index (χ4v) is 1.82. The van der Waals surface area contributed by atoms with Crippen LogP contribution in [0.3, 0.4) is 0 Å². The maximum atomic E-state index is 14.2. The van der Waals surface area contributed by atoms with Crippen LogP contribution in [0.25, 0.3) is 0 Å². The van der Waals surface area contributed by atoms with E-state index in [2.05, 4.69) is 13.8 Å². The van der Waals surface area contributed by atoms with E-state index in [1.807, 2.05) is 12.1 Å². The van der Waals surface area contributed by atoms with Crippen LogP contribution < -0.4 is 0 Å². The SMILES string of the molecule is CC(C)Cc1ccc(C(F)C(C)(C)C(=O)O)cc1. The molecule has 0 heterocycles. The highest BCUT2D eigenvalue weighted by Crippen LogP contribution is 2.37. The smallest absolute Gasteiger partial charge is 0.312 e. The number of benzene rings is 1. The van der Waals surface area contributed by atoms with Gasteiger partial charge in [0.15, 0.2) is 0 Å². The van der Waals surface area contributed by atoms with Crippen molar-refractivity contribution in [3.63, 3.8) is 0 Å². The molecular weight excluding hydrogens is 231 g/mol. The summed E-state index contributed by atoms with van der Waals surface area (Å²) in [7, 11) is 0. The Balaban J connectivity index is 2.88. The van der Waals surface area contributed by atoms with Crippen LogP contribution in [0.4, 0.5) is 4.39 Å². The molecule has 3 heteroatoms. The normalized spacial score (nSPS) is 13.7. The molecular formula is C15H21FO2. The van der Waals surface area contributed by atoms with Crippen molar-refractivity contribution in [2.45, 2.75) is 40.3 Å². The molecule has 1 unspecified atom stereocenters. The first-order valence-electron chi connectivity index (χ1n) is 6.21. The minimum atomic E-state index is -1.50. The number of alkyl halides is 1. The predicted molar refractivity (Wildman–Crippen MR) is 70.2 cm³/mol. The Morgan fingerprint density at radius 3 is 2.17 bits per heavy atom. The molecule has 0 aliphatic rings. The zero-order chi connectivity index (χ0) is 13.9. The second-order valence-corrected chi connectivity index (χ2v) is 5.73. The molecule has 0 aliphatic heterocycles. The second-order valence-electron chi connectivity index (χ2n) is 5.73. The lowest BCUT2D eigenvalue weighted by Crippen LogP contribution is -2.29. The largest absolute Gasteiger partial charge is 0.481 e. The van der Waals surface area contributed by atoms with E-state index in [0.29, 0.717) is 11.5 Å². The standard InChI is InChI=1S/C15H21FO2/c1-10(2)9-11-5-7-12(8-6-11)13(16)15(3,4)14(17)18/h5-8,10,13H,9H2,1-4H3,(H,17,18). The fraction of sp³-hybridized carbons (Fsp3) is 0.533. The van der Waals surface area contributed by atoms with Gasteiger partial charge in [-0.1, -0.05) is 38.1 Å². The summed E-state index contributed by atoms with van der Waals surface area (Å²) in [5, 5.41) is 9.01. The van der Waals surface area contributed by atoms with Gasteiger partial charge in [-0.2, -0.15) is 0 Å². The predicted octanol–water partition coefficient (Wildman–Crippen LogP) is 4.01. The van der Waals surface area contributed by atoms with E-state index < -0.39 is 17.6 Å². The number of hydrogen-bond acceptors (Lipinski definition) is 1. The van der Waals surface area contributed by atoms with Crippen molar-refractivity contribution in [3.8, 4) is 0 Å². The third-order valence-electron chi connectivity index (χ3n) is 3.10. The number of rotatable bonds is 5. The molecule has 1 rings (SSSR count). The highest BCUT2D eigenvalue weighted by Gasteiger charge is 2.38. The van der Waals surface area contributed by atoms with Gasteiger partial charge in [-0.05, 0) is 37.3 Å². The molecule has 0 amide bonds. The van der Waals surface area contributed by atoms with Gasteiger partial charge in [-0.3, -0.25) is 4.79 Å². The Bertz CT molecular complexity index is 407. The van der Waals surface area contributed by atoms with Crippen LogP contribution in [-0.4, -0.2) is 11.1 Å². The first kappa shape index (κ1) is 14.7. The lowest BCUT2D eigenvalue weighted by molar-refractivity contribution is -0.150. The van der Waals surface area contributed by atoms with Crippen LogP contribution in [0, 0.1) is 11.3 Å². The van der Waals surface area contributed by atoms with Crippen molar-refractivity contribution in [2.24, 2.45) is 11.3 Å². The molecule has 1 aromatic carbocycles. The first-order valence-corrected chi connectivity index (χ1v) is 6.21. The van der Waals surface area contributed by atoms with Crippen molar-refractivity contribution < 1.29 is 14.3 Å². The van der Waals surface area contributed by atoms with E-state index in [4.69, 9.17) is 5.11 Å². The summed E-state index contributed by atoms with van der Waals surface area (Å²) in [4.78, 5) is 11.0. The van der Waals surface area contributed by atoms with Gasteiger partial charge in [0.05, 0.1) is 5.41 Å². The quantitative estimate of drug-likeness (QED) is 0.859. The van der Waals surface area contributed by atoms with Gasteiger partial charge in [-0.15, -0.1) is 0 Å². The van der Waals surface area contributed by atoms with E-state index in [-0.39, 0.29) is 0 Å². The summed E-state index contributed by atoms with van der Waals surface area (Å²) >= 11 is 0. The molecule has 0 saturated carbocycles. The maximum absolute atomic E-state index is 14.2. The van der Waals surface area contributed by atoms with Crippen molar-refractivity contribution in [1.29, 1.82) is 0 Å². The van der Waals surface area contributed by atoms with Gasteiger partial charge in [0, 0.05) is 0 Å².